The molecule has 0 saturated carbocycles. The summed E-state index contributed by atoms with van der Waals surface area (Å²) in [6.45, 7) is -4.36. The van der Waals surface area contributed by atoms with E-state index in [1.807, 2.05) is 0 Å². The molecule has 0 amide bonds. The molecule has 1 aromatic heterocycles. The van der Waals surface area contributed by atoms with Gasteiger partial charge in [0.1, 0.15) is 0 Å². The number of halogens is 3. The molecule has 0 atom stereocenters. The second-order valence-corrected chi connectivity index (χ2v) is 3.55. The first-order chi connectivity index (χ1) is 7.55. The van der Waals surface area contributed by atoms with Crippen LogP contribution in [0.15, 0.2) is 43.0 Å². The van der Waals surface area contributed by atoms with Crippen LogP contribution in [0.4, 0.5) is 12.9 Å². The van der Waals surface area contributed by atoms with Crippen LogP contribution in [0.2, 0.25) is 0 Å². The summed E-state index contributed by atoms with van der Waals surface area (Å²) in [6, 6.07) is 5.22. The summed E-state index contributed by atoms with van der Waals surface area (Å²) < 4.78 is 38.8. The fourth-order valence-electron chi connectivity index (χ4n) is 1.43. The van der Waals surface area contributed by atoms with Crippen molar-refractivity contribution in [3.05, 3.63) is 48.5 Å². The average molecular weight is 264 g/mol. The quantitative estimate of drug-likeness (QED) is 0.650. The van der Waals surface area contributed by atoms with Gasteiger partial charge in [0.15, 0.2) is 0 Å². The van der Waals surface area contributed by atoms with Crippen molar-refractivity contribution in [1.29, 1.82) is 0 Å². The van der Waals surface area contributed by atoms with Gasteiger partial charge in [0.25, 0.3) is 0 Å². The Morgan fingerprint density at radius 1 is 1.12 bits per heavy atom. The summed E-state index contributed by atoms with van der Waals surface area (Å²) in [5.74, 6) is 0. The first kappa shape index (κ1) is 15.0. The molecule has 0 fully saturated rings. The van der Waals surface area contributed by atoms with E-state index >= 15 is 0 Å². The second-order valence-electron chi connectivity index (χ2n) is 3.55. The van der Waals surface area contributed by atoms with Gasteiger partial charge in [0.05, 0.1) is 6.33 Å². The fourth-order valence-corrected chi connectivity index (χ4v) is 1.43. The SMILES string of the molecule is F[B-](F)(F)c1ccc(Cn2ccnc2)cc1.[K+]. The zero-order valence-electron chi connectivity index (χ0n) is 9.35. The van der Waals surface area contributed by atoms with Crippen LogP contribution in [-0.2, 0) is 6.54 Å². The molecule has 0 aliphatic heterocycles. The predicted octanol–water partition coefficient (Wildman–Crippen LogP) is -1.01. The molecular weight excluding hydrogens is 255 g/mol. The minimum Gasteiger partial charge on any atom is -0.445 e. The number of benzene rings is 1. The van der Waals surface area contributed by atoms with Gasteiger partial charge in [-0.2, -0.15) is 0 Å². The van der Waals surface area contributed by atoms with Gasteiger partial charge in [0.2, 0.25) is 0 Å². The summed E-state index contributed by atoms with van der Waals surface area (Å²) in [5, 5.41) is 0. The molecule has 0 spiro atoms. The van der Waals surface area contributed by atoms with Gasteiger partial charge >= 0.3 is 58.4 Å². The molecule has 2 nitrogen and oxygen atoms in total. The van der Waals surface area contributed by atoms with E-state index in [2.05, 4.69) is 4.98 Å². The molecule has 0 saturated heterocycles. The van der Waals surface area contributed by atoms with Crippen molar-refractivity contribution < 1.29 is 64.3 Å². The molecule has 17 heavy (non-hydrogen) atoms. The van der Waals surface area contributed by atoms with Crippen molar-refractivity contribution in [2.75, 3.05) is 0 Å². The van der Waals surface area contributed by atoms with E-state index in [0.29, 0.717) is 6.54 Å². The van der Waals surface area contributed by atoms with Crippen molar-refractivity contribution in [1.82, 2.24) is 9.55 Å². The van der Waals surface area contributed by atoms with Crippen LogP contribution in [-0.4, -0.2) is 16.5 Å². The van der Waals surface area contributed by atoms with Gasteiger partial charge in [-0.3, -0.25) is 0 Å². The Hall–Kier alpha value is -0.0787. The van der Waals surface area contributed by atoms with Crippen molar-refractivity contribution in [2.24, 2.45) is 0 Å². The van der Waals surface area contributed by atoms with E-state index in [0.717, 1.165) is 17.7 Å². The zero-order valence-corrected chi connectivity index (χ0v) is 12.5. The summed E-state index contributed by atoms with van der Waals surface area (Å²) in [6.07, 6.45) is 5.02. The minimum atomic E-state index is -4.89. The summed E-state index contributed by atoms with van der Waals surface area (Å²) in [4.78, 5) is 3.86. The second kappa shape index (κ2) is 6.19. The van der Waals surface area contributed by atoms with E-state index < -0.39 is 12.4 Å². The van der Waals surface area contributed by atoms with Gasteiger partial charge in [-0.05, 0) is 5.56 Å². The molecule has 0 bridgehead atoms. The Kier molecular flexibility index (Phi) is 5.46. The van der Waals surface area contributed by atoms with E-state index in [1.54, 1.807) is 23.3 Å². The fraction of sp³-hybridized carbons (Fsp3) is 0.100. The van der Waals surface area contributed by atoms with E-state index in [4.69, 9.17) is 0 Å². The van der Waals surface area contributed by atoms with Gasteiger partial charge in [-0.1, -0.05) is 24.3 Å². The Balaban J connectivity index is 0.00000144. The molecule has 1 aromatic carbocycles. The van der Waals surface area contributed by atoms with E-state index in [1.165, 1.54) is 12.1 Å². The largest absolute Gasteiger partial charge is 1.00 e. The van der Waals surface area contributed by atoms with Crippen molar-refractivity contribution in [3.8, 4) is 0 Å². The third-order valence-corrected chi connectivity index (χ3v) is 2.28. The molecular formula is C10H9BF3KN2. The maximum Gasteiger partial charge on any atom is 1.00 e. The predicted molar refractivity (Wildman–Crippen MR) is 56.5 cm³/mol. The Morgan fingerprint density at radius 3 is 2.24 bits per heavy atom. The maximum atomic E-state index is 12.3. The monoisotopic (exact) mass is 264 g/mol. The van der Waals surface area contributed by atoms with E-state index in [9.17, 15) is 12.9 Å². The molecule has 7 heteroatoms. The molecule has 0 aliphatic rings. The number of rotatable bonds is 3. The van der Waals surface area contributed by atoms with Gasteiger partial charge in [0, 0.05) is 18.9 Å². The standard InChI is InChI=1S/C10H9BF3N2.K/c12-11(13,14)10-3-1-9(2-4-10)7-16-6-5-15-8-16;/h1-6,8H,7H2;/q-1;+1. The minimum absolute atomic E-state index is 0. The third-order valence-electron chi connectivity index (χ3n) is 2.28. The Morgan fingerprint density at radius 2 is 1.76 bits per heavy atom. The molecule has 2 rings (SSSR count). The summed E-state index contributed by atoms with van der Waals surface area (Å²) >= 11 is 0. The van der Waals surface area contributed by atoms with Crippen LogP contribution >= 0.6 is 0 Å². The van der Waals surface area contributed by atoms with Crippen molar-refractivity contribution in [2.45, 2.75) is 6.54 Å². The molecule has 84 valence electrons. The molecule has 0 aliphatic carbocycles. The van der Waals surface area contributed by atoms with Crippen molar-refractivity contribution >= 4 is 12.4 Å². The van der Waals surface area contributed by atoms with Crippen LogP contribution in [0.25, 0.3) is 0 Å². The molecule has 1 heterocycles. The van der Waals surface area contributed by atoms with Crippen LogP contribution in [0.1, 0.15) is 5.56 Å². The van der Waals surface area contributed by atoms with Crippen molar-refractivity contribution in [3.63, 3.8) is 0 Å². The number of hydrogen-bond acceptors (Lipinski definition) is 1. The molecule has 0 radical (unpaired) electrons. The van der Waals surface area contributed by atoms with Gasteiger partial charge in [-0.15, -0.1) is 5.46 Å². The smallest absolute Gasteiger partial charge is 0.445 e. The van der Waals surface area contributed by atoms with Crippen LogP contribution in [0.3, 0.4) is 0 Å². The topological polar surface area (TPSA) is 17.8 Å². The van der Waals surface area contributed by atoms with Gasteiger partial charge < -0.3 is 17.5 Å². The van der Waals surface area contributed by atoms with Gasteiger partial charge in [-0.25, -0.2) is 4.98 Å². The number of imidazole rings is 1. The molecule has 0 N–H and O–H groups in total. The average Bonchev–Trinajstić information content (AvgIpc) is 2.70. The number of aromatic nitrogens is 2. The summed E-state index contributed by atoms with van der Waals surface area (Å²) in [5.41, 5.74) is 0.260. The zero-order chi connectivity index (χ0) is 11.6. The third kappa shape index (κ3) is 4.26. The Labute approximate surface area is 140 Å². The molecule has 0 unspecified atom stereocenters. The molecule has 2 aromatic rings. The Bertz CT molecular complexity index is 453. The normalized spacial score (nSPS) is 11.0. The van der Waals surface area contributed by atoms with Crippen LogP contribution < -0.4 is 56.8 Å². The van der Waals surface area contributed by atoms with Crippen LogP contribution in [0, 0.1) is 0 Å². The first-order valence-electron chi connectivity index (χ1n) is 4.80. The first-order valence-corrected chi connectivity index (χ1v) is 4.80. The number of nitrogens with zero attached hydrogens (tertiary/aromatic N) is 2. The number of hydrogen-bond donors (Lipinski definition) is 0. The van der Waals surface area contributed by atoms with E-state index in [-0.39, 0.29) is 51.4 Å². The summed E-state index contributed by atoms with van der Waals surface area (Å²) in [7, 11) is 0. The van der Waals surface area contributed by atoms with Crippen LogP contribution in [0.5, 0.6) is 0 Å². The maximum absolute atomic E-state index is 12.3.